The van der Waals surface area contributed by atoms with Gasteiger partial charge in [0.25, 0.3) is 0 Å². The molecule has 0 saturated carbocycles. The molecule has 3 N–H and O–H groups in total. The molecule has 1 aliphatic heterocycles. The van der Waals surface area contributed by atoms with Crippen molar-refractivity contribution in [2.75, 3.05) is 39.3 Å². The van der Waals surface area contributed by atoms with Crippen molar-refractivity contribution in [1.29, 1.82) is 0 Å². The quantitative estimate of drug-likeness (QED) is 0.690. The molecule has 5 nitrogen and oxygen atoms in total. The van der Waals surface area contributed by atoms with Crippen LogP contribution >= 0.6 is 0 Å². The van der Waals surface area contributed by atoms with E-state index < -0.39 is 0 Å². The van der Waals surface area contributed by atoms with Crippen LogP contribution in [0.25, 0.3) is 0 Å². The number of aliphatic hydroxyl groups is 1. The average molecular weight is 291 g/mol. The zero-order valence-corrected chi connectivity index (χ0v) is 12.4. The number of carbonyl (C=O) groups excluding carboxylic acids is 1. The fraction of sp³-hybridized carbons (Fsp3) is 0.562. The number of nitrogens with one attached hydrogen (secondary N) is 2. The van der Waals surface area contributed by atoms with Crippen LogP contribution in [0.5, 0.6) is 0 Å². The van der Waals surface area contributed by atoms with Gasteiger partial charge in [-0.05, 0) is 31.5 Å². The maximum atomic E-state index is 12.1. The molecule has 0 aliphatic carbocycles. The molecular weight excluding hydrogens is 266 g/mol. The standard InChI is InChI=1S/C16H25N3O2/c20-13-15(11-14-5-2-1-3-6-14)18-16(21)12-19-9-4-7-17-8-10-19/h1-3,5-6,15,17,20H,4,7-13H2,(H,18,21)/t15-/m0/s1. The lowest BCUT2D eigenvalue weighted by molar-refractivity contribution is -0.123. The Labute approximate surface area is 126 Å². The first kappa shape index (κ1) is 15.9. The number of benzene rings is 1. The lowest BCUT2D eigenvalue weighted by atomic mass is 10.1. The molecule has 21 heavy (non-hydrogen) atoms. The molecule has 0 unspecified atom stereocenters. The van der Waals surface area contributed by atoms with E-state index in [1.165, 1.54) is 0 Å². The Balaban J connectivity index is 1.79. The van der Waals surface area contributed by atoms with Crippen molar-refractivity contribution < 1.29 is 9.90 Å². The number of amides is 1. The topological polar surface area (TPSA) is 64.6 Å². The van der Waals surface area contributed by atoms with Crippen molar-refractivity contribution in [3.63, 3.8) is 0 Å². The first-order valence-corrected chi connectivity index (χ1v) is 7.65. The second kappa shape index (κ2) is 8.77. The molecule has 1 amide bonds. The smallest absolute Gasteiger partial charge is 0.234 e. The van der Waals surface area contributed by atoms with E-state index in [9.17, 15) is 9.90 Å². The maximum absolute atomic E-state index is 12.1. The Bertz CT molecular complexity index is 417. The Hall–Kier alpha value is -1.43. The monoisotopic (exact) mass is 291 g/mol. The van der Waals surface area contributed by atoms with Crippen LogP contribution in [-0.4, -0.2) is 61.3 Å². The fourth-order valence-corrected chi connectivity index (χ4v) is 2.60. The molecule has 0 bridgehead atoms. The highest BCUT2D eigenvalue weighted by atomic mass is 16.3. The van der Waals surface area contributed by atoms with Crippen molar-refractivity contribution >= 4 is 5.91 Å². The lowest BCUT2D eigenvalue weighted by Crippen LogP contribution is -2.45. The van der Waals surface area contributed by atoms with Gasteiger partial charge in [0, 0.05) is 13.1 Å². The molecule has 116 valence electrons. The van der Waals surface area contributed by atoms with Crippen LogP contribution in [0.15, 0.2) is 30.3 Å². The molecule has 1 heterocycles. The minimum Gasteiger partial charge on any atom is -0.394 e. The first-order valence-electron chi connectivity index (χ1n) is 7.65. The minimum absolute atomic E-state index is 0.00752. The molecule has 1 aliphatic rings. The van der Waals surface area contributed by atoms with Crippen LogP contribution in [-0.2, 0) is 11.2 Å². The van der Waals surface area contributed by atoms with E-state index in [2.05, 4.69) is 15.5 Å². The summed E-state index contributed by atoms with van der Waals surface area (Å²) < 4.78 is 0. The van der Waals surface area contributed by atoms with Gasteiger partial charge in [0.1, 0.15) is 0 Å². The summed E-state index contributed by atoms with van der Waals surface area (Å²) in [5.41, 5.74) is 1.12. The van der Waals surface area contributed by atoms with Gasteiger partial charge in [-0.2, -0.15) is 0 Å². The highest BCUT2D eigenvalue weighted by Gasteiger charge is 2.16. The van der Waals surface area contributed by atoms with Gasteiger partial charge in [-0.15, -0.1) is 0 Å². The average Bonchev–Trinajstić information content (AvgIpc) is 2.76. The summed E-state index contributed by atoms with van der Waals surface area (Å²) in [7, 11) is 0. The molecule has 1 atom stereocenters. The summed E-state index contributed by atoms with van der Waals surface area (Å²) in [6.07, 6.45) is 1.73. The normalized spacial score (nSPS) is 18.0. The molecule has 0 spiro atoms. The van der Waals surface area contributed by atoms with Crippen LogP contribution in [0.4, 0.5) is 0 Å². The molecule has 1 aromatic carbocycles. The molecule has 0 radical (unpaired) electrons. The zero-order valence-electron chi connectivity index (χ0n) is 12.4. The lowest BCUT2D eigenvalue weighted by Gasteiger charge is -2.21. The molecular formula is C16H25N3O2. The van der Waals surface area contributed by atoms with Crippen LogP contribution < -0.4 is 10.6 Å². The summed E-state index contributed by atoms with van der Waals surface area (Å²) in [4.78, 5) is 14.3. The van der Waals surface area contributed by atoms with Gasteiger partial charge >= 0.3 is 0 Å². The summed E-state index contributed by atoms with van der Waals surface area (Å²) in [5.74, 6) is -0.00752. The number of carbonyl (C=O) groups is 1. The zero-order chi connectivity index (χ0) is 14.9. The molecule has 1 fully saturated rings. The van der Waals surface area contributed by atoms with Crippen LogP contribution in [0.2, 0.25) is 0 Å². The van der Waals surface area contributed by atoms with Gasteiger partial charge in [0.05, 0.1) is 19.2 Å². The van der Waals surface area contributed by atoms with E-state index in [4.69, 9.17) is 0 Å². The summed E-state index contributed by atoms with van der Waals surface area (Å²) in [6, 6.07) is 9.70. The highest BCUT2D eigenvalue weighted by Crippen LogP contribution is 2.03. The molecule has 2 rings (SSSR count). The number of nitrogens with zero attached hydrogens (tertiary/aromatic N) is 1. The van der Waals surface area contributed by atoms with Gasteiger partial charge in [-0.25, -0.2) is 0 Å². The second-order valence-electron chi connectivity index (χ2n) is 5.52. The van der Waals surface area contributed by atoms with E-state index in [1.807, 2.05) is 30.3 Å². The van der Waals surface area contributed by atoms with Gasteiger partial charge in [-0.1, -0.05) is 30.3 Å². The third kappa shape index (κ3) is 5.83. The highest BCUT2D eigenvalue weighted by molar-refractivity contribution is 5.78. The minimum atomic E-state index is -0.218. The largest absolute Gasteiger partial charge is 0.394 e. The van der Waals surface area contributed by atoms with Crippen LogP contribution in [0, 0.1) is 0 Å². The third-order valence-corrected chi connectivity index (χ3v) is 3.71. The Morgan fingerprint density at radius 3 is 2.86 bits per heavy atom. The van der Waals surface area contributed by atoms with Gasteiger partial charge in [-0.3, -0.25) is 9.69 Å². The van der Waals surface area contributed by atoms with E-state index >= 15 is 0 Å². The molecule has 5 heteroatoms. The van der Waals surface area contributed by atoms with E-state index in [0.29, 0.717) is 13.0 Å². The summed E-state index contributed by atoms with van der Waals surface area (Å²) >= 11 is 0. The Kier molecular flexibility index (Phi) is 6.66. The molecule has 1 saturated heterocycles. The second-order valence-corrected chi connectivity index (χ2v) is 5.52. The van der Waals surface area contributed by atoms with E-state index in [-0.39, 0.29) is 18.6 Å². The Morgan fingerprint density at radius 2 is 2.10 bits per heavy atom. The van der Waals surface area contributed by atoms with Gasteiger partial charge in [0.2, 0.25) is 5.91 Å². The summed E-state index contributed by atoms with van der Waals surface area (Å²) in [6.45, 7) is 4.17. The molecule has 0 aromatic heterocycles. The predicted molar refractivity (Wildman–Crippen MR) is 83.1 cm³/mol. The van der Waals surface area contributed by atoms with Crippen molar-refractivity contribution in [2.45, 2.75) is 18.9 Å². The Morgan fingerprint density at radius 1 is 1.29 bits per heavy atom. The third-order valence-electron chi connectivity index (χ3n) is 3.71. The fourth-order valence-electron chi connectivity index (χ4n) is 2.60. The van der Waals surface area contributed by atoms with Crippen LogP contribution in [0.1, 0.15) is 12.0 Å². The van der Waals surface area contributed by atoms with E-state index in [0.717, 1.165) is 38.2 Å². The number of rotatable bonds is 6. The van der Waals surface area contributed by atoms with Crippen molar-refractivity contribution in [3.8, 4) is 0 Å². The van der Waals surface area contributed by atoms with Crippen molar-refractivity contribution in [3.05, 3.63) is 35.9 Å². The van der Waals surface area contributed by atoms with Crippen molar-refractivity contribution in [1.82, 2.24) is 15.5 Å². The maximum Gasteiger partial charge on any atom is 0.234 e. The van der Waals surface area contributed by atoms with Crippen molar-refractivity contribution in [2.24, 2.45) is 0 Å². The van der Waals surface area contributed by atoms with Gasteiger partial charge in [0.15, 0.2) is 0 Å². The van der Waals surface area contributed by atoms with E-state index in [1.54, 1.807) is 0 Å². The van der Waals surface area contributed by atoms with Gasteiger partial charge < -0.3 is 15.7 Å². The molecule has 1 aromatic rings. The summed E-state index contributed by atoms with van der Waals surface area (Å²) in [5, 5.41) is 15.7. The SMILES string of the molecule is O=C(CN1CCCNCC1)N[C@H](CO)Cc1ccccc1. The predicted octanol–water partition coefficient (Wildman–Crippen LogP) is 0.00150. The number of hydrogen-bond acceptors (Lipinski definition) is 4. The number of aliphatic hydroxyl groups excluding tert-OH is 1. The first-order chi connectivity index (χ1) is 10.3. The number of hydrogen-bond donors (Lipinski definition) is 3. The van der Waals surface area contributed by atoms with Crippen LogP contribution in [0.3, 0.4) is 0 Å².